The molecule has 0 heterocycles. The van der Waals surface area contributed by atoms with Crippen molar-refractivity contribution >= 4 is 17.6 Å². The number of rotatable bonds is 10. The molecule has 0 aromatic heterocycles. The maximum Gasteiger partial charge on any atom is 0.329 e. The highest BCUT2D eigenvalue weighted by atomic mass is 35.5. The highest BCUT2D eigenvalue weighted by molar-refractivity contribution is 6.30. The maximum atomic E-state index is 10.5. The lowest BCUT2D eigenvalue weighted by atomic mass is 9.80. The third-order valence-electron chi connectivity index (χ3n) is 5.63. The number of aliphatic hydroxyl groups excluding tert-OH is 2. The molecule has 4 atom stereocenters. The molecule has 0 aromatic rings. The second kappa shape index (κ2) is 11.1. The summed E-state index contributed by atoms with van der Waals surface area (Å²) in [6, 6.07) is 0. The van der Waals surface area contributed by atoms with E-state index in [4.69, 9.17) is 21.4 Å². The van der Waals surface area contributed by atoms with E-state index in [-0.39, 0.29) is 31.2 Å². The first-order valence-electron chi connectivity index (χ1n) is 9.67. The number of carboxylic acid groups (broad SMARTS) is 1. The Morgan fingerprint density at radius 2 is 2.04 bits per heavy atom. The predicted octanol–water partition coefficient (Wildman–Crippen LogP) is 3.48. The number of hydrogen-bond acceptors (Lipinski definition) is 4. The van der Waals surface area contributed by atoms with Gasteiger partial charge in [0.2, 0.25) is 0 Å². The molecule has 0 unspecified atom stereocenters. The summed E-state index contributed by atoms with van der Waals surface area (Å²) in [6.45, 7) is -0.0667. The lowest BCUT2D eigenvalue weighted by Crippen LogP contribution is -2.27. The van der Waals surface area contributed by atoms with Crippen LogP contribution in [0.25, 0.3) is 0 Å². The summed E-state index contributed by atoms with van der Waals surface area (Å²) >= 11 is 6.31. The highest BCUT2D eigenvalue weighted by Gasteiger charge is 2.35. The zero-order valence-corrected chi connectivity index (χ0v) is 16.0. The Kier molecular flexibility index (Phi) is 9.12. The predicted molar refractivity (Wildman–Crippen MR) is 101 cm³/mol. The fourth-order valence-electron chi connectivity index (χ4n) is 4.16. The number of aliphatic carboxylic acids is 1. The fraction of sp³-hybridized carbons (Fsp3) is 0.750. The quantitative estimate of drug-likeness (QED) is 0.395. The third kappa shape index (κ3) is 6.69. The average Bonchev–Trinajstić information content (AvgIpc) is 2.89. The van der Waals surface area contributed by atoms with Gasteiger partial charge in [0.15, 0.2) is 0 Å². The summed E-state index contributed by atoms with van der Waals surface area (Å²) < 4.78 is 4.96. The molecule has 5 nitrogen and oxygen atoms in total. The van der Waals surface area contributed by atoms with E-state index in [2.05, 4.69) is 0 Å². The van der Waals surface area contributed by atoms with Crippen LogP contribution in [0.5, 0.6) is 0 Å². The minimum absolute atomic E-state index is 0.0188. The lowest BCUT2D eigenvalue weighted by Gasteiger charge is -2.29. The van der Waals surface area contributed by atoms with Gasteiger partial charge in [0.25, 0.3) is 0 Å². The second-order valence-corrected chi connectivity index (χ2v) is 7.91. The molecule has 148 valence electrons. The van der Waals surface area contributed by atoms with Gasteiger partial charge in [-0.3, -0.25) is 0 Å². The van der Waals surface area contributed by atoms with E-state index in [1.807, 2.05) is 6.08 Å². The van der Waals surface area contributed by atoms with Crippen LogP contribution in [0.15, 0.2) is 23.3 Å². The van der Waals surface area contributed by atoms with E-state index in [0.717, 1.165) is 19.3 Å². The molecular formula is C20H31ClO5. The Morgan fingerprint density at radius 1 is 1.31 bits per heavy atom. The fourth-order valence-corrected chi connectivity index (χ4v) is 4.54. The van der Waals surface area contributed by atoms with Gasteiger partial charge < -0.3 is 20.1 Å². The van der Waals surface area contributed by atoms with Crippen LogP contribution in [-0.2, 0) is 9.53 Å². The molecule has 1 fully saturated rings. The van der Waals surface area contributed by atoms with Gasteiger partial charge in [-0.05, 0) is 50.0 Å². The van der Waals surface area contributed by atoms with Gasteiger partial charge in [0.05, 0.1) is 18.8 Å². The van der Waals surface area contributed by atoms with Gasteiger partial charge in [-0.2, -0.15) is 0 Å². The molecule has 0 aliphatic heterocycles. The topological polar surface area (TPSA) is 87.0 Å². The first-order chi connectivity index (χ1) is 12.5. The van der Waals surface area contributed by atoms with Crippen LogP contribution >= 0.6 is 11.6 Å². The first kappa shape index (κ1) is 21.4. The van der Waals surface area contributed by atoms with Crippen molar-refractivity contribution < 1.29 is 24.9 Å². The maximum absolute atomic E-state index is 10.5. The minimum atomic E-state index is -0.986. The van der Waals surface area contributed by atoms with Crippen LogP contribution in [0.1, 0.15) is 51.4 Å². The van der Waals surface area contributed by atoms with Gasteiger partial charge in [-0.25, -0.2) is 4.79 Å². The first-order valence-corrected chi connectivity index (χ1v) is 10.0. The molecule has 0 bridgehead atoms. The zero-order valence-electron chi connectivity index (χ0n) is 15.2. The number of halogens is 1. The molecule has 2 aliphatic rings. The van der Waals surface area contributed by atoms with Gasteiger partial charge in [-0.15, -0.1) is 0 Å². The van der Waals surface area contributed by atoms with E-state index in [1.54, 1.807) is 12.2 Å². The Balaban J connectivity index is 1.77. The van der Waals surface area contributed by atoms with Crippen molar-refractivity contribution in [1.29, 1.82) is 0 Å². The third-order valence-corrected chi connectivity index (χ3v) is 6.03. The molecule has 0 spiro atoms. The van der Waals surface area contributed by atoms with E-state index in [1.165, 1.54) is 19.3 Å². The van der Waals surface area contributed by atoms with Gasteiger partial charge >= 0.3 is 5.97 Å². The second-order valence-electron chi connectivity index (χ2n) is 7.47. The van der Waals surface area contributed by atoms with Crippen molar-refractivity contribution in [2.24, 2.45) is 17.8 Å². The lowest BCUT2D eigenvalue weighted by molar-refractivity contribution is -0.141. The number of carboxylic acids is 1. The van der Waals surface area contributed by atoms with Crippen LogP contribution in [0.4, 0.5) is 0 Å². The monoisotopic (exact) mass is 386 g/mol. The van der Waals surface area contributed by atoms with Crippen molar-refractivity contribution in [3.8, 4) is 0 Å². The van der Waals surface area contributed by atoms with Crippen molar-refractivity contribution in [2.45, 2.75) is 63.6 Å². The minimum Gasteiger partial charge on any atom is -0.480 e. The Bertz CT molecular complexity index is 498. The molecule has 0 amide bonds. The standard InChI is InChI=1S/C20H31ClO5/c21-17-12-19(23)16(9-10-18(22)14-6-2-1-3-7-14)15(17)8-4-5-11-26-13-20(24)25/h4-5,12,14-16,18-19,22-23H,1-3,6-11,13H2,(H,24,25)/b5-4-/t15-,16-,18-,19-/m1/s1. The molecule has 2 rings (SSSR count). The summed E-state index contributed by atoms with van der Waals surface area (Å²) in [6.07, 6.45) is 12.6. The highest BCUT2D eigenvalue weighted by Crippen LogP contribution is 2.40. The number of allylic oxidation sites excluding steroid dienone is 2. The van der Waals surface area contributed by atoms with Gasteiger partial charge in [0.1, 0.15) is 6.61 Å². The van der Waals surface area contributed by atoms with E-state index in [0.29, 0.717) is 23.8 Å². The summed E-state index contributed by atoms with van der Waals surface area (Å²) in [5, 5.41) is 30.0. The van der Waals surface area contributed by atoms with Crippen molar-refractivity contribution in [3.63, 3.8) is 0 Å². The molecule has 0 aromatic carbocycles. The average molecular weight is 387 g/mol. The van der Waals surface area contributed by atoms with Gasteiger partial charge in [0, 0.05) is 11.0 Å². The molecule has 3 N–H and O–H groups in total. The summed E-state index contributed by atoms with van der Waals surface area (Å²) in [5.74, 6) is -0.526. The van der Waals surface area contributed by atoms with Crippen LogP contribution in [0.2, 0.25) is 0 Å². The van der Waals surface area contributed by atoms with Crippen LogP contribution in [-0.4, -0.2) is 46.7 Å². The number of aliphatic hydroxyl groups is 2. The van der Waals surface area contributed by atoms with Crippen LogP contribution in [0, 0.1) is 17.8 Å². The van der Waals surface area contributed by atoms with Crippen molar-refractivity contribution in [1.82, 2.24) is 0 Å². The Morgan fingerprint density at radius 3 is 2.73 bits per heavy atom. The Labute approximate surface area is 160 Å². The molecule has 0 radical (unpaired) electrons. The summed E-state index contributed by atoms with van der Waals surface area (Å²) in [5.41, 5.74) is 0. The van der Waals surface area contributed by atoms with Gasteiger partial charge in [-0.1, -0.05) is 43.0 Å². The van der Waals surface area contributed by atoms with E-state index >= 15 is 0 Å². The van der Waals surface area contributed by atoms with Crippen LogP contribution < -0.4 is 0 Å². The van der Waals surface area contributed by atoms with Crippen molar-refractivity contribution in [3.05, 3.63) is 23.3 Å². The summed E-state index contributed by atoms with van der Waals surface area (Å²) in [7, 11) is 0. The normalized spacial score (nSPS) is 28.4. The smallest absolute Gasteiger partial charge is 0.329 e. The van der Waals surface area contributed by atoms with Crippen LogP contribution in [0.3, 0.4) is 0 Å². The number of ether oxygens (including phenoxy) is 1. The SMILES string of the molecule is O=C(O)COC/C=C\C[C@H]1C(Cl)=C[C@@H](O)[C@@H]1CC[C@@H](O)C1CCCCC1. The van der Waals surface area contributed by atoms with Crippen molar-refractivity contribution in [2.75, 3.05) is 13.2 Å². The Hall–Kier alpha value is -0.880. The molecule has 1 saturated carbocycles. The van der Waals surface area contributed by atoms with E-state index < -0.39 is 12.1 Å². The number of carbonyl (C=O) groups is 1. The zero-order chi connectivity index (χ0) is 18.9. The largest absolute Gasteiger partial charge is 0.480 e. The molecule has 0 saturated heterocycles. The summed E-state index contributed by atoms with van der Waals surface area (Å²) in [4.78, 5) is 10.4. The molecule has 2 aliphatic carbocycles. The molecular weight excluding hydrogens is 356 g/mol. The molecule has 6 heteroatoms. The van der Waals surface area contributed by atoms with E-state index in [9.17, 15) is 15.0 Å². The number of hydrogen-bond donors (Lipinski definition) is 3. The molecule has 26 heavy (non-hydrogen) atoms.